The van der Waals surface area contributed by atoms with Crippen molar-refractivity contribution in [2.75, 3.05) is 11.6 Å². The molecule has 1 heterocycles. The number of rotatable bonds is 1. The second-order valence-electron chi connectivity index (χ2n) is 2.91. The first-order valence-corrected chi connectivity index (χ1v) is 4.70. The summed E-state index contributed by atoms with van der Waals surface area (Å²) in [6.45, 7) is 0.574. The fourth-order valence-corrected chi connectivity index (χ4v) is 1.57. The van der Waals surface area contributed by atoms with Crippen molar-refractivity contribution in [1.82, 2.24) is 3.93 Å². The molecule has 2 nitrogen and oxygen atoms in total. The van der Waals surface area contributed by atoms with E-state index in [1.54, 1.807) is 21.2 Å². The average molecular weight is 261 g/mol. The summed E-state index contributed by atoms with van der Waals surface area (Å²) in [6, 6.07) is 3.83. The van der Waals surface area contributed by atoms with Crippen molar-refractivity contribution in [1.29, 1.82) is 0 Å². The molecule has 1 aliphatic heterocycles. The molecule has 74 valence electrons. The highest BCUT2D eigenvalue weighted by Crippen LogP contribution is 2.22. The third-order valence-electron chi connectivity index (χ3n) is 1.93. The molecule has 0 N–H and O–H groups in total. The lowest BCUT2D eigenvalue weighted by Crippen LogP contribution is -2.18. The van der Waals surface area contributed by atoms with Gasteiger partial charge in [0.15, 0.2) is 11.6 Å². The quantitative estimate of drug-likeness (QED) is 0.717. The maximum Gasteiger partial charge on any atom is 0.160 e. The number of hydrogen-bond acceptors (Lipinski definition) is 2. The van der Waals surface area contributed by atoms with E-state index in [9.17, 15) is 8.78 Å². The van der Waals surface area contributed by atoms with E-state index in [2.05, 4.69) is 16.1 Å². The molecule has 0 unspecified atom stereocenters. The Hall–Kier alpha value is -1.10. The van der Waals surface area contributed by atoms with Crippen LogP contribution in [0.3, 0.4) is 0 Å². The number of anilines is 1. The first-order chi connectivity index (χ1) is 6.66. The van der Waals surface area contributed by atoms with Crippen molar-refractivity contribution in [3.05, 3.63) is 42.2 Å². The van der Waals surface area contributed by atoms with Crippen LogP contribution in [0.4, 0.5) is 14.5 Å². The monoisotopic (exact) mass is 260 g/mol. The van der Waals surface area contributed by atoms with E-state index < -0.39 is 11.6 Å². The smallest absolute Gasteiger partial charge is 0.160 e. The zero-order valence-electron chi connectivity index (χ0n) is 7.12. The van der Waals surface area contributed by atoms with Crippen LogP contribution in [0.5, 0.6) is 0 Å². The molecule has 0 aromatic heterocycles. The second-order valence-corrected chi connectivity index (χ2v) is 3.82. The van der Waals surface area contributed by atoms with Crippen molar-refractivity contribution in [3.63, 3.8) is 0 Å². The largest absolute Gasteiger partial charge is 0.327 e. The molecule has 0 aliphatic carbocycles. The molecule has 0 fully saturated rings. The molecule has 0 amide bonds. The van der Waals surface area contributed by atoms with Gasteiger partial charge in [-0.1, -0.05) is 0 Å². The Balaban J connectivity index is 2.25. The molecule has 0 atom stereocenters. The Morgan fingerprint density at radius 3 is 2.50 bits per heavy atom. The Kier molecular flexibility index (Phi) is 2.41. The SMILES string of the molecule is Fc1ccc(N2C=CN(Br)C2)cc1F. The molecular weight excluding hydrogens is 254 g/mol. The summed E-state index contributed by atoms with van der Waals surface area (Å²) in [7, 11) is 0. The Morgan fingerprint density at radius 2 is 1.93 bits per heavy atom. The lowest BCUT2D eigenvalue weighted by Gasteiger charge is -2.16. The van der Waals surface area contributed by atoms with Crippen LogP contribution >= 0.6 is 16.1 Å². The summed E-state index contributed by atoms with van der Waals surface area (Å²) in [5, 5.41) is 0. The zero-order chi connectivity index (χ0) is 10.1. The van der Waals surface area contributed by atoms with Crippen LogP contribution in [0.25, 0.3) is 0 Å². The molecular formula is C9H7BrF2N2. The van der Waals surface area contributed by atoms with E-state index in [-0.39, 0.29) is 0 Å². The Bertz CT molecular complexity index is 381. The van der Waals surface area contributed by atoms with Gasteiger partial charge in [-0.25, -0.2) is 8.78 Å². The number of benzene rings is 1. The topological polar surface area (TPSA) is 6.48 Å². The minimum atomic E-state index is -0.830. The first-order valence-electron chi connectivity index (χ1n) is 3.99. The van der Waals surface area contributed by atoms with Gasteiger partial charge in [-0.2, -0.15) is 0 Å². The molecule has 1 aliphatic rings. The lowest BCUT2D eigenvalue weighted by atomic mass is 10.3. The average Bonchev–Trinajstić information content (AvgIpc) is 2.57. The van der Waals surface area contributed by atoms with Crippen LogP contribution in [0.1, 0.15) is 0 Å². The van der Waals surface area contributed by atoms with Gasteiger partial charge in [0.1, 0.15) is 6.67 Å². The third-order valence-corrected chi connectivity index (χ3v) is 2.39. The van der Waals surface area contributed by atoms with E-state index in [1.165, 1.54) is 12.1 Å². The molecule has 0 bridgehead atoms. The van der Waals surface area contributed by atoms with Gasteiger partial charge < -0.3 is 4.90 Å². The van der Waals surface area contributed by atoms with Crippen molar-refractivity contribution < 1.29 is 8.78 Å². The molecule has 14 heavy (non-hydrogen) atoms. The van der Waals surface area contributed by atoms with E-state index in [0.29, 0.717) is 12.4 Å². The van der Waals surface area contributed by atoms with Gasteiger partial charge in [0.05, 0.1) is 16.1 Å². The van der Waals surface area contributed by atoms with Gasteiger partial charge in [-0.3, -0.25) is 3.93 Å². The fourth-order valence-electron chi connectivity index (χ4n) is 1.22. The Labute approximate surface area is 88.8 Å². The maximum atomic E-state index is 12.9. The van der Waals surface area contributed by atoms with Gasteiger partial charge >= 0.3 is 0 Å². The molecule has 1 aromatic rings. The van der Waals surface area contributed by atoms with Crippen molar-refractivity contribution >= 4 is 21.8 Å². The van der Waals surface area contributed by atoms with Crippen LogP contribution in [0.2, 0.25) is 0 Å². The minimum absolute atomic E-state index is 0.574. The molecule has 1 aromatic carbocycles. The van der Waals surface area contributed by atoms with Gasteiger partial charge in [-0.15, -0.1) is 0 Å². The van der Waals surface area contributed by atoms with Gasteiger partial charge in [0.25, 0.3) is 0 Å². The highest BCUT2D eigenvalue weighted by molar-refractivity contribution is 9.07. The fraction of sp³-hybridized carbons (Fsp3) is 0.111. The number of hydrogen-bond donors (Lipinski definition) is 0. The van der Waals surface area contributed by atoms with Crippen LogP contribution in [-0.4, -0.2) is 10.6 Å². The van der Waals surface area contributed by atoms with Gasteiger partial charge in [0.2, 0.25) is 0 Å². The summed E-state index contributed by atoms with van der Waals surface area (Å²) < 4.78 is 27.3. The normalized spacial score (nSPS) is 15.4. The van der Waals surface area contributed by atoms with E-state index >= 15 is 0 Å². The summed E-state index contributed by atoms with van der Waals surface area (Å²) in [6.07, 6.45) is 3.57. The predicted molar refractivity (Wildman–Crippen MR) is 53.6 cm³/mol. The Morgan fingerprint density at radius 1 is 1.14 bits per heavy atom. The van der Waals surface area contributed by atoms with Crippen LogP contribution in [0.15, 0.2) is 30.6 Å². The molecule has 0 saturated carbocycles. The summed E-state index contributed by atoms with van der Waals surface area (Å²) in [4.78, 5) is 1.79. The minimum Gasteiger partial charge on any atom is -0.327 e. The lowest BCUT2D eigenvalue weighted by molar-refractivity contribution is 0.508. The number of halogens is 3. The van der Waals surface area contributed by atoms with Crippen molar-refractivity contribution in [2.45, 2.75) is 0 Å². The maximum absolute atomic E-state index is 12.9. The second kappa shape index (κ2) is 3.57. The molecule has 2 rings (SSSR count). The van der Waals surface area contributed by atoms with Crippen molar-refractivity contribution in [3.8, 4) is 0 Å². The highest BCUT2D eigenvalue weighted by Gasteiger charge is 2.13. The number of nitrogens with zero attached hydrogens (tertiary/aromatic N) is 2. The molecule has 0 spiro atoms. The van der Waals surface area contributed by atoms with Crippen LogP contribution in [0, 0.1) is 11.6 Å². The summed E-state index contributed by atoms with van der Waals surface area (Å²) in [5.74, 6) is -1.66. The van der Waals surface area contributed by atoms with Gasteiger partial charge in [-0.05, 0) is 12.1 Å². The standard InChI is InChI=1S/C9H7BrF2N2/c10-14-4-3-13(6-14)7-1-2-8(11)9(12)5-7/h1-5H,6H2. The summed E-state index contributed by atoms with van der Waals surface area (Å²) >= 11 is 3.25. The van der Waals surface area contributed by atoms with E-state index in [1.807, 2.05) is 0 Å². The molecule has 5 heteroatoms. The van der Waals surface area contributed by atoms with E-state index in [4.69, 9.17) is 0 Å². The molecule has 0 radical (unpaired) electrons. The molecule has 0 saturated heterocycles. The third kappa shape index (κ3) is 1.72. The van der Waals surface area contributed by atoms with E-state index in [0.717, 1.165) is 6.07 Å². The first kappa shape index (κ1) is 9.45. The highest BCUT2D eigenvalue weighted by atomic mass is 79.9. The van der Waals surface area contributed by atoms with Gasteiger partial charge in [0, 0.05) is 24.2 Å². The zero-order valence-corrected chi connectivity index (χ0v) is 8.71. The van der Waals surface area contributed by atoms with Crippen LogP contribution < -0.4 is 4.90 Å². The predicted octanol–water partition coefficient (Wildman–Crippen LogP) is 2.83. The summed E-state index contributed by atoms with van der Waals surface area (Å²) in [5.41, 5.74) is 0.627. The van der Waals surface area contributed by atoms with Crippen LogP contribution in [-0.2, 0) is 0 Å². The van der Waals surface area contributed by atoms with Crippen molar-refractivity contribution in [2.24, 2.45) is 0 Å².